The zero-order valence-corrected chi connectivity index (χ0v) is 28.1. The first-order valence-electron chi connectivity index (χ1n) is 17.9. The molecule has 0 aliphatic heterocycles. The molecule has 0 bridgehead atoms. The van der Waals surface area contributed by atoms with Gasteiger partial charge in [0.2, 0.25) is 0 Å². The van der Waals surface area contributed by atoms with Crippen LogP contribution >= 0.6 is 0 Å². The van der Waals surface area contributed by atoms with Crippen LogP contribution in [0.3, 0.4) is 0 Å². The standard InChI is InChI=1S/C49H29N3/c1-2-11-33(12-3-1)51-45-23-19-32(27-41(45)39-21-18-30-10-4-5-13-34(30)49(39)51)31-20-24-46-40(26-31)37-16-8-9-17-44(37)52(46)47-25-22-38-35-14-6-7-15-36(35)42-28-50-29-43(47)48(38)42/h1-29H. The maximum atomic E-state index is 4.77. The monoisotopic (exact) mass is 659 g/mol. The number of benzene rings is 8. The van der Waals surface area contributed by atoms with Crippen LogP contribution in [0.5, 0.6) is 0 Å². The van der Waals surface area contributed by atoms with Crippen molar-refractivity contribution in [1.82, 2.24) is 14.1 Å². The molecule has 3 nitrogen and oxygen atoms in total. The molecule has 0 atom stereocenters. The highest BCUT2D eigenvalue weighted by Crippen LogP contribution is 2.49. The summed E-state index contributed by atoms with van der Waals surface area (Å²) in [4.78, 5) is 4.77. The van der Waals surface area contributed by atoms with Gasteiger partial charge in [-0.05, 0) is 81.7 Å². The Morgan fingerprint density at radius 2 is 1.02 bits per heavy atom. The van der Waals surface area contributed by atoms with Crippen molar-refractivity contribution >= 4 is 65.2 Å². The number of nitrogens with zero attached hydrogens (tertiary/aromatic N) is 3. The molecule has 240 valence electrons. The Kier molecular flexibility index (Phi) is 5.50. The van der Waals surface area contributed by atoms with E-state index in [1.165, 1.54) is 104 Å². The van der Waals surface area contributed by atoms with Gasteiger partial charge in [-0.3, -0.25) is 4.98 Å². The first-order valence-corrected chi connectivity index (χ1v) is 17.9. The Morgan fingerprint density at radius 1 is 0.365 bits per heavy atom. The quantitative estimate of drug-likeness (QED) is 0.185. The fourth-order valence-electron chi connectivity index (χ4n) is 9.07. The van der Waals surface area contributed by atoms with Crippen molar-refractivity contribution in [3.8, 4) is 44.8 Å². The molecule has 0 saturated heterocycles. The smallest absolute Gasteiger partial charge is 0.0619 e. The molecule has 11 aromatic rings. The van der Waals surface area contributed by atoms with Crippen LogP contribution in [-0.2, 0) is 0 Å². The van der Waals surface area contributed by atoms with Gasteiger partial charge < -0.3 is 9.13 Å². The molecule has 1 aliphatic rings. The first-order chi connectivity index (χ1) is 25.8. The molecule has 3 heterocycles. The van der Waals surface area contributed by atoms with Crippen LogP contribution in [0.4, 0.5) is 0 Å². The SMILES string of the molecule is c1ccc(-n2c3ccc(-c4ccc5c(c4)c4ccccc4n5-c4ccc5c6c(cncc46)-c4ccccc4-5)cc3c3ccc4ccccc4c32)cc1. The van der Waals surface area contributed by atoms with Gasteiger partial charge in [-0.1, -0.05) is 115 Å². The van der Waals surface area contributed by atoms with Crippen LogP contribution in [0, 0.1) is 0 Å². The Labute approximate surface area is 299 Å². The Bertz CT molecular complexity index is 3260. The van der Waals surface area contributed by atoms with Gasteiger partial charge in [0.1, 0.15) is 0 Å². The minimum Gasteiger partial charge on any atom is -0.309 e. The second-order valence-corrected chi connectivity index (χ2v) is 14.0. The number of pyridine rings is 1. The lowest BCUT2D eigenvalue weighted by atomic mass is 10.00. The minimum absolute atomic E-state index is 1.15. The summed E-state index contributed by atoms with van der Waals surface area (Å²) in [5.74, 6) is 0. The molecule has 0 amide bonds. The number of fused-ring (bicyclic) bond motifs is 11. The van der Waals surface area contributed by atoms with Gasteiger partial charge in [-0.25, -0.2) is 0 Å². The molecule has 12 rings (SSSR count). The van der Waals surface area contributed by atoms with Crippen LogP contribution < -0.4 is 0 Å². The van der Waals surface area contributed by atoms with Gasteiger partial charge in [0.15, 0.2) is 0 Å². The third-order valence-corrected chi connectivity index (χ3v) is 11.3. The summed E-state index contributed by atoms with van der Waals surface area (Å²) in [7, 11) is 0. The molecule has 0 unspecified atom stereocenters. The van der Waals surface area contributed by atoms with Crippen molar-refractivity contribution in [2.45, 2.75) is 0 Å². The van der Waals surface area contributed by atoms with Crippen molar-refractivity contribution in [3.63, 3.8) is 0 Å². The van der Waals surface area contributed by atoms with Gasteiger partial charge >= 0.3 is 0 Å². The molecule has 0 saturated carbocycles. The largest absolute Gasteiger partial charge is 0.309 e. The fourth-order valence-corrected chi connectivity index (χ4v) is 9.07. The Balaban J connectivity index is 1.08. The van der Waals surface area contributed by atoms with Gasteiger partial charge in [0, 0.05) is 61.3 Å². The fraction of sp³-hybridized carbons (Fsp3) is 0. The summed E-state index contributed by atoms with van der Waals surface area (Å²) in [6.07, 6.45) is 4.07. The first kappa shape index (κ1) is 27.8. The third-order valence-electron chi connectivity index (χ3n) is 11.3. The molecule has 0 spiro atoms. The van der Waals surface area contributed by atoms with E-state index in [4.69, 9.17) is 4.98 Å². The zero-order valence-electron chi connectivity index (χ0n) is 28.1. The topological polar surface area (TPSA) is 22.8 Å². The number of aromatic nitrogens is 3. The number of para-hydroxylation sites is 2. The summed E-state index contributed by atoms with van der Waals surface area (Å²) in [5.41, 5.74) is 14.6. The lowest BCUT2D eigenvalue weighted by molar-refractivity contribution is 1.19. The molecule has 3 heteroatoms. The van der Waals surface area contributed by atoms with Crippen LogP contribution in [0.2, 0.25) is 0 Å². The number of hydrogen-bond donors (Lipinski definition) is 0. The average Bonchev–Trinajstić information content (AvgIpc) is 3.85. The Hall–Kier alpha value is -6.97. The van der Waals surface area contributed by atoms with Crippen LogP contribution in [0.15, 0.2) is 176 Å². The number of hydrogen-bond acceptors (Lipinski definition) is 1. The van der Waals surface area contributed by atoms with E-state index in [2.05, 4.69) is 173 Å². The van der Waals surface area contributed by atoms with E-state index >= 15 is 0 Å². The second-order valence-electron chi connectivity index (χ2n) is 14.0. The van der Waals surface area contributed by atoms with E-state index in [0.29, 0.717) is 0 Å². The maximum absolute atomic E-state index is 4.77. The number of rotatable bonds is 3. The third kappa shape index (κ3) is 3.66. The van der Waals surface area contributed by atoms with Gasteiger partial charge in [-0.15, -0.1) is 0 Å². The maximum Gasteiger partial charge on any atom is 0.0619 e. The normalized spacial score (nSPS) is 12.2. The molecular weight excluding hydrogens is 631 g/mol. The molecule has 8 aromatic carbocycles. The van der Waals surface area contributed by atoms with E-state index in [1.807, 2.05) is 12.4 Å². The Morgan fingerprint density at radius 3 is 1.85 bits per heavy atom. The summed E-state index contributed by atoms with van der Waals surface area (Å²) in [5, 5.41) is 9.97. The zero-order chi connectivity index (χ0) is 33.9. The van der Waals surface area contributed by atoms with Gasteiger partial charge in [0.25, 0.3) is 0 Å². The van der Waals surface area contributed by atoms with E-state index in [-0.39, 0.29) is 0 Å². The van der Waals surface area contributed by atoms with Crippen LogP contribution in [0.1, 0.15) is 0 Å². The van der Waals surface area contributed by atoms with Crippen molar-refractivity contribution in [1.29, 1.82) is 0 Å². The second kappa shape index (κ2) is 10.3. The van der Waals surface area contributed by atoms with E-state index in [0.717, 1.165) is 5.69 Å². The van der Waals surface area contributed by atoms with Gasteiger partial charge in [-0.2, -0.15) is 0 Å². The molecule has 0 fully saturated rings. The van der Waals surface area contributed by atoms with E-state index in [1.54, 1.807) is 0 Å². The van der Waals surface area contributed by atoms with E-state index < -0.39 is 0 Å². The summed E-state index contributed by atoms with van der Waals surface area (Å²) in [6.45, 7) is 0. The summed E-state index contributed by atoms with van der Waals surface area (Å²) >= 11 is 0. The lowest BCUT2D eigenvalue weighted by Crippen LogP contribution is -1.96. The van der Waals surface area contributed by atoms with Crippen molar-refractivity contribution in [3.05, 3.63) is 176 Å². The summed E-state index contributed by atoms with van der Waals surface area (Å²) < 4.78 is 4.86. The molecule has 3 aromatic heterocycles. The average molecular weight is 660 g/mol. The predicted molar refractivity (Wildman–Crippen MR) is 218 cm³/mol. The highest BCUT2D eigenvalue weighted by molar-refractivity contribution is 6.20. The van der Waals surface area contributed by atoms with Crippen molar-refractivity contribution in [2.24, 2.45) is 0 Å². The molecule has 52 heavy (non-hydrogen) atoms. The molecule has 0 N–H and O–H groups in total. The summed E-state index contributed by atoms with van der Waals surface area (Å²) in [6, 6.07) is 60.0. The molecule has 0 radical (unpaired) electrons. The highest BCUT2D eigenvalue weighted by atomic mass is 15.0. The molecular formula is C49H29N3. The van der Waals surface area contributed by atoms with Crippen molar-refractivity contribution in [2.75, 3.05) is 0 Å². The predicted octanol–water partition coefficient (Wildman–Crippen LogP) is 12.9. The molecule has 1 aliphatic carbocycles. The van der Waals surface area contributed by atoms with E-state index in [9.17, 15) is 0 Å². The lowest BCUT2D eigenvalue weighted by Gasteiger charge is -2.13. The minimum atomic E-state index is 1.15. The van der Waals surface area contributed by atoms with Crippen molar-refractivity contribution < 1.29 is 0 Å². The highest BCUT2D eigenvalue weighted by Gasteiger charge is 2.24. The van der Waals surface area contributed by atoms with Gasteiger partial charge in [0.05, 0.1) is 27.8 Å². The van der Waals surface area contributed by atoms with Crippen LogP contribution in [0.25, 0.3) is 110 Å². The van der Waals surface area contributed by atoms with Crippen LogP contribution in [-0.4, -0.2) is 14.1 Å².